The first-order chi connectivity index (χ1) is 15.2. The Bertz CT molecular complexity index is 830. The SMILES string of the molecule is C/C(=N\Nc1nc(N2CCCCCC2)nc(N2CCCCCC2)n1)c1ccc(F)cc1. The van der Waals surface area contributed by atoms with Crippen LogP contribution in [0.15, 0.2) is 29.4 Å². The molecule has 1 N–H and O–H groups in total. The summed E-state index contributed by atoms with van der Waals surface area (Å²) in [6.07, 6.45) is 9.68. The minimum absolute atomic E-state index is 0.258. The first kappa shape index (κ1) is 21.5. The molecule has 0 aliphatic carbocycles. The highest BCUT2D eigenvalue weighted by atomic mass is 19.1. The average molecular weight is 426 g/mol. The van der Waals surface area contributed by atoms with Gasteiger partial charge in [-0.2, -0.15) is 20.1 Å². The summed E-state index contributed by atoms with van der Waals surface area (Å²) in [6.45, 7) is 5.77. The molecule has 0 bridgehead atoms. The first-order valence-electron chi connectivity index (χ1n) is 11.5. The van der Waals surface area contributed by atoms with Gasteiger partial charge in [-0.1, -0.05) is 37.8 Å². The molecule has 0 radical (unpaired) electrons. The number of nitrogens with zero attached hydrogens (tertiary/aromatic N) is 6. The normalized spacial score (nSPS) is 18.5. The number of nitrogens with one attached hydrogen (secondary N) is 1. The third kappa shape index (κ3) is 5.89. The van der Waals surface area contributed by atoms with Crippen molar-refractivity contribution in [3.8, 4) is 0 Å². The molecule has 31 heavy (non-hydrogen) atoms. The maximum atomic E-state index is 13.2. The first-order valence-corrected chi connectivity index (χ1v) is 11.5. The average Bonchev–Trinajstić information content (AvgIpc) is 3.23. The maximum Gasteiger partial charge on any atom is 0.250 e. The standard InChI is InChI=1S/C23H32FN7/c1-18(19-10-12-20(24)13-11-19)28-29-21-25-22(30-14-6-2-3-7-15-30)27-23(26-21)31-16-8-4-5-9-17-31/h10-13H,2-9,14-17H2,1H3,(H,25,26,27,29)/b28-18+. The molecule has 2 fully saturated rings. The predicted octanol–water partition coefficient (Wildman–Crippen LogP) is 4.61. The number of rotatable bonds is 5. The Kier molecular flexibility index (Phi) is 7.27. The number of benzene rings is 1. The minimum atomic E-state index is -0.258. The Morgan fingerprint density at radius 3 is 1.74 bits per heavy atom. The van der Waals surface area contributed by atoms with E-state index in [4.69, 9.17) is 15.0 Å². The zero-order valence-corrected chi connectivity index (χ0v) is 18.4. The number of aromatic nitrogens is 3. The summed E-state index contributed by atoms with van der Waals surface area (Å²) in [5, 5.41) is 4.46. The summed E-state index contributed by atoms with van der Waals surface area (Å²) in [5.41, 5.74) is 4.62. The van der Waals surface area contributed by atoms with Crippen LogP contribution < -0.4 is 15.2 Å². The van der Waals surface area contributed by atoms with Crippen LogP contribution in [0.1, 0.15) is 63.9 Å². The fourth-order valence-corrected chi connectivity index (χ4v) is 4.12. The van der Waals surface area contributed by atoms with E-state index >= 15 is 0 Å². The van der Waals surface area contributed by atoms with E-state index in [0.717, 1.165) is 75.0 Å². The van der Waals surface area contributed by atoms with Crippen LogP contribution in [0.5, 0.6) is 0 Å². The highest BCUT2D eigenvalue weighted by Crippen LogP contribution is 2.22. The topological polar surface area (TPSA) is 69.5 Å². The van der Waals surface area contributed by atoms with Crippen molar-refractivity contribution in [2.75, 3.05) is 41.4 Å². The Morgan fingerprint density at radius 2 is 1.26 bits per heavy atom. The summed E-state index contributed by atoms with van der Waals surface area (Å²) in [7, 11) is 0. The van der Waals surface area contributed by atoms with Gasteiger partial charge in [-0.15, -0.1) is 0 Å². The van der Waals surface area contributed by atoms with Crippen LogP contribution in [-0.2, 0) is 0 Å². The van der Waals surface area contributed by atoms with Gasteiger partial charge in [-0.05, 0) is 50.3 Å². The van der Waals surface area contributed by atoms with Gasteiger partial charge in [-0.25, -0.2) is 9.82 Å². The van der Waals surface area contributed by atoms with Crippen LogP contribution in [0.3, 0.4) is 0 Å². The summed E-state index contributed by atoms with van der Waals surface area (Å²) in [5.74, 6) is 1.66. The molecule has 4 rings (SSSR count). The number of hydrogen-bond donors (Lipinski definition) is 1. The van der Waals surface area contributed by atoms with Crippen LogP contribution in [-0.4, -0.2) is 46.8 Å². The van der Waals surface area contributed by atoms with E-state index in [0.29, 0.717) is 5.95 Å². The molecule has 2 aliphatic heterocycles. The zero-order valence-electron chi connectivity index (χ0n) is 18.4. The second-order valence-electron chi connectivity index (χ2n) is 8.38. The van der Waals surface area contributed by atoms with Crippen LogP contribution in [0, 0.1) is 5.82 Å². The second-order valence-corrected chi connectivity index (χ2v) is 8.38. The molecule has 0 unspecified atom stereocenters. The van der Waals surface area contributed by atoms with Crippen molar-refractivity contribution >= 4 is 23.6 Å². The lowest BCUT2D eigenvalue weighted by Gasteiger charge is -2.24. The van der Waals surface area contributed by atoms with Gasteiger partial charge in [0.25, 0.3) is 0 Å². The van der Waals surface area contributed by atoms with E-state index in [-0.39, 0.29) is 5.82 Å². The van der Waals surface area contributed by atoms with E-state index in [1.54, 1.807) is 12.1 Å². The molecule has 3 heterocycles. The molecule has 2 saturated heterocycles. The molecule has 2 aliphatic rings. The minimum Gasteiger partial charge on any atom is -0.341 e. The Labute approximate surface area is 183 Å². The Morgan fingerprint density at radius 1 is 0.774 bits per heavy atom. The number of hydrogen-bond acceptors (Lipinski definition) is 7. The lowest BCUT2D eigenvalue weighted by atomic mass is 10.1. The zero-order chi connectivity index (χ0) is 21.5. The number of anilines is 3. The van der Waals surface area contributed by atoms with Gasteiger partial charge in [0.1, 0.15) is 5.82 Å². The van der Waals surface area contributed by atoms with Gasteiger partial charge in [0.05, 0.1) is 5.71 Å². The van der Waals surface area contributed by atoms with Crippen molar-refractivity contribution in [2.24, 2.45) is 5.10 Å². The number of halogens is 1. The van der Waals surface area contributed by atoms with Crippen molar-refractivity contribution < 1.29 is 4.39 Å². The monoisotopic (exact) mass is 425 g/mol. The van der Waals surface area contributed by atoms with Gasteiger partial charge >= 0.3 is 0 Å². The molecule has 166 valence electrons. The van der Waals surface area contributed by atoms with E-state index in [2.05, 4.69) is 20.3 Å². The molecule has 1 aromatic carbocycles. The lowest BCUT2D eigenvalue weighted by molar-refractivity contribution is 0.628. The maximum absolute atomic E-state index is 13.2. The molecule has 1 aromatic heterocycles. The summed E-state index contributed by atoms with van der Waals surface area (Å²) in [6, 6.07) is 6.31. The summed E-state index contributed by atoms with van der Waals surface area (Å²) in [4.78, 5) is 18.8. The predicted molar refractivity (Wildman–Crippen MR) is 123 cm³/mol. The van der Waals surface area contributed by atoms with Crippen LogP contribution in [0.4, 0.5) is 22.2 Å². The molecule has 0 saturated carbocycles. The smallest absolute Gasteiger partial charge is 0.250 e. The van der Waals surface area contributed by atoms with E-state index < -0.39 is 0 Å². The van der Waals surface area contributed by atoms with Gasteiger partial charge in [0.15, 0.2) is 0 Å². The molecule has 8 heteroatoms. The summed E-state index contributed by atoms with van der Waals surface area (Å²) >= 11 is 0. The van der Waals surface area contributed by atoms with Crippen molar-refractivity contribution in [3.63, 3.8) is 0 Å². The molecule has 0 atom stereocenters. The molecular formula is C23H32FN7. The van der Waals surface area contributed by atoms with E-state index in [9.17, 15) is 4.39 Å². The van der Waals surface area contributed by atoms with Crippen molar-refractivity contribution in [2.45, 2.75) is 58.3 Å². The quantitative estimate of drug-likeness (QED) is 0.557. The van der Waals surface area contributed by atoms with E-state index in [1.165, 1.54) is 37.8 Å². The second kappa shape index (κ2) is 10.5. The van der Waals surface area contributed by atoms with Crippen molar-refractivity contribution in [1.82, 2.24) is 15.0 Å². The molecule has 0 spiro atoms. The van der Waals surface area contributed by atoms with E-state index in [1.807, 2.05) is 6.92 Å². The molecule has 0 amide bonds. The lowest BCUT2D eigenvalue weighted by Crippen LogP contribution is -2.30. The van der Waals surface area contributed by atoms with Gasteiger partial charge in [-0.3, -0.25) is 0 Å². The highest BCUT2D eigenvalue weighted by molar-refractivity contribution is 5.98. The third-order valence-corrected chi connectivity index (χ3v) is 5.98. The van der Waals surface area contributed by atoms with Crippen LogP contribution in [0.25, 0.3) is 0 Å². The third-order valence-electron chi connectivity index (χ3n) is 5.98. The van der Waals surface area contributed by atoms with Gasteiger partial charge < -0.3 is 9.80 Å². The fourth-order valence-electron chi connectivity index (χ4n) is 4.12. The van der Waals surface area contributed by atoms with Gasteiger partial charge in [0.2, 0.25) is 17.8 Å². The number of hydrazone groups is 1. The molecule has 2 aromatic rings. The summed E-state index contributed by atoms with van der Waals surface area (Å²) < 4.78 is 13.2. The fraction of sp³-hybridized carbons (Fsp3) is 0.565. The molecular weight excluding hydrogens is 393 g/mol. The van der Waals surface area contributed by atoms with Crippen molar-refractivity contribution in [1.29, 1.82) is 0 Å². The Balaban J connectivity index is 1.60. The van der Waals surface area contributed by atoms with Crippen LogP contribution in [0.2, 0.25) is 0 Å². The molecule has 7 nitrogen and oxygen atoms in total. The Hall–Kier alpha value is -2.77. The largest absolute Gasteiger partial charge is 0.341 e. The van der Waals surface area contributed by atoms with Crippen LogP contribution >= 0.6 is 0 Å². The van der Waals surface area contributed by atoms with Crippen molar-refractivity contribution in [3.05, 3.63) is 35.6 Å². The highest BCUT2D eigenvalue weighted by Gasteiger charge is 2.19. The van der Waals surface area contributed by atoms with Gasteiger partial charge in [0, 0.05) is 26.2 Å².